The molecule has 0 amide bonds. The van der Waals surface area contributed by atoms with E-state index < -0.39 is 0 Å². The molecule has 2 aromatic carbocycles. The fraction of sp³-hybridized carbons (Fsp3) is 0.0625. The second kappa shape index (κ2) is 7.54. The number of rotatable bonds is 5. The van der Waals surface area contributed by atoms with E-state index in [2.05, 4.69) is 17.1 Å². The quantitative estimate of drug-likeness (QED) is 0.421. The fourth-order valence-corrected chi connectivity index (χ4v) is 2.75. The number of hydrogen-bond acceptors (Lipinski definition) is 3. The highest BCUT2D eigenvalue weighted by molar-refractivity contribution is 6.41. The van der Waals surface area contributed by atoms with E-state index in [1.54, 1.807) is 24.3 Å². The normalized spacial score (nSPS) is 10.9. The maximum Gasteiger partial charge on any atom is 0.127 e. The Bertz CT molecular complexity index is 706. The first kappa shape index (κ1) is 16.7. The van der Waals surface area contributed by atoms with Gasteiger partial charge < -0.3 is 5.11 Å². The highest BCUT2D eigenvalue weighted by Gasteiger charge is 2.07. The summed E-state index contributed by atoms with van der Waals surface area (Å²) in [4.78, 5) is 0. The number of allylic oxidation sites excluding steroid dienone is 1. The number of nitrogens with zero attached hydrogens (tertiary/aromatic N) is 1. The van der Waals surface area contributed by atoms with Crippen molar-refractivity contribution >= 4 is 46.7 Å². The second-order valence-corrected chi connectivity index (χ2v) is 5.71. The lowest BCUT2D eigenvalue weighted by atomic mass is 10.1. The van der Waals surface area contributed by atoms with Gasteiger partial charge in [0.25, 0.3) is 0 Å². The third-order valence-corrected chi connectivity index (χ3v) is 3.72. The number of aromatic hydroxyl groups is 1. The molecule has 22 heavy (non-hydrogen) atoms. The van der Waals surface area contributed by atoms with Gasteiger partial charge in [-0.05, 0) is 30.2 Å². The largest absolute Gasteiger partial charge is 0.507 e. The molecule has 0 unspecified atom stereocenters. The molecule has 0 saturated heterocycles. The van der Waals surface area contributed by atoms with Gasteiger partial charge in [-0.15, -0.1) is 6.58 Å². The zero-order valence-electron chi connectivity index (χ0n) is 11.5. The number of anilines is 1. The molecular weight excluding hydrogens is 343 g/mol. The minimum Gasteiger partial charge on any atom is -0.507 e. The lowest BCUT2D eigenvalue weighted by Crippen LogP contribution is -1.94. The number of para-hydroxylation sites is 1. The Labute approximate surface area is 143 Å². The molecule has 2 aromatic rings. The maximum atomic E-state index is 10.1. The molecule has 6 heteroatoms. The molecule has 2 N–H and O–H groups in total. The monoisotopic (exact) mass is 354 g/mol. The Morgan fingerprint density at radius 2 is 1.86 bits per heavy atom. The molecule has 114 valence electrons. The third-order valence-electron chi connectivity index (χ3n) is 2.90. The SMILES string of the molecule is C=CCc1cccc(/C=N\Nc2c(Cl)cc(Cl)cc2Cl)c1O. The zero-order valence-corrected chi connectivity index (χ0v) is 13.8. The van der Waals surface area contributed by atoms with E-state index in [9.17, 15) is 5.11 Å². The van der Waals surface area contributed by atoms with Crippen LogP contribution in [0.3, 0.4) is 0 Å². The molecular formula is C16H13Cl3N2O. The van der Waals surface area contributed by atoms with Gasteiger partial charge in [0.1, 0.15) is 5.75 Å². The van der Waals surface area contributed by atoms with Crippen LogP contribution < -0.4 is 5.43 Å². The molecule has 0 aliphatic heterocycles. The number of nitrogens with one attached hydrogen (secondary N) is 1. The minimum absolute atomic E-state index is 0.168. The number of phenols is 1. The Morgan fingerprint density at radius 1 is 1.18 bits per heavy atom. The van der Waals surface area contributed by atoms with Crippen LogP contribution >= 0.6 is 34.8 Å². The minimum atomic E-state index is 0.168. The van der Waals surface area contributed by atoms with Crippen LogP contribution in [0.4, 0.5) is 5.69 Å². The van der Waals surface area contributed by atoms with Crippen molar-refractivity contribution in [3.05, 3.63) is 69.2 Å². The van der Waals surface area contributed by atoms with Gasteiger partial charge in [0.2, 0.25) is 0 Å². The molecule has 0 bridgehead atoms. The van der Waals surface area contributed by atoms with E-state index in [0.29, 0.717) is 32.7 Å². The van der Waals surface area contributed by atoms with Crippen LogP contribution in [0.1, 0.15) is 11.1 Å². The van der Waals surface area contributed by atoms with Gasteiger partial charge in [0.05, 0.1) is 21.9 Å². The summed E-state index contributed by atoms with van der Waals surface area (Å²) >= 11 is 17.9. The topological polar surface area (TPSA) is 44.6 Å². The van der Waals surface area contributed by atoms with Crippen molar-refractivity contribution in [2.75, 3.05) is 5.43 Å². The number of hydrazone groups is 1. The lowest BCUT2D eigenvalue weighted by molar-refractivity contribution is 0.469. The molecule has 0 aliphatic carbocycles. The molecule has 3 nitrogen and oxygen atoms in total. The highest BCUT2D eigenvalue weighted by atomic mass is 35.5. The summed E-state index contributed by atoms with van der Waals surface area (Å²) < 4.78 is 0. The summed E-state index contributed by atoms with van der Waals surface area (Å²) in [5, 5.41) is 15.3. The van der Waals surface area contributed by atoms with Gasteiger partial charge in [-0.1, -0.05) is 53.0 Å². The fourth-order valence-electron chi connectivity index (χ4n) is 1.85. The van der Waals surface area contributed by atoms with Crippen LogP contribution in [0.15, 0.2) is 48.1 Å². The van der Waals surface area contributed by atoms with Crippen molar-refractivity contribution in [2.24, 2.45) is 5.10 Å². The molecule has 0 spiro atoms. The average Bonchev–Trinajstić information content (AvgIpc) is 2.45. The summed E-state index contributed by atoms with van der Waals surface area (Å²) in [7, 11) is 0. The predicted molar refractivity (Wildman–Crippen MR) is 94.7 cm³/mol. The van der Waals surface area contributed by atoms with Crippen LogP contribution in [0.2, 0.25) is 15.1 Å². The number of hydrogen-bond donors (Lipinski definition) is 2. The van der Waals surface area contributed by atoms with Gasteiger partial charge >= 0.3 is 0 Å². The smallest absolute Gasteiger partial charge is 0.127 e. The van der Waals surface area contributed by atoms with E-state index >= 15 is 0 Å². The van der Waals surface area contributed by atoms with Gasteiger partial charge in [-0.25, -0.2) is 0 Å². The van der Waals surface area contributed by atoms with Gasteiger partial charge in [-0.3, -0.25) is 5.43 Å². The van der Waals surface area contributed by atoms with Crippen LogP contribution in [0.25, 0.3) is 0 Å². The van der Waals surface area contributed by atoms with Crippen molar-refractivity contribution in [3.63, 3.8) is 0 Å². The molecule has 2 rings (SSSR count). The summed E-state index contributed by atoms with van der Waals surface area (Å²) in [6.45, 7) is 3.66. The van der Waals surface area contributed by atoms with E-state index in [1.807, 2.05) is 12.1 Å². The summed E-state index contributed by atoms with van der Waals surface area (Å²) in [5.41, 5.74) is 4.56. The first-order valence-corrected chi connectivity index (χ1v) is 7.51. The Kier molecular flexibility index (Phi) is 5.72. The third kappa shape index (κ3) is 3.95. The van der Waals surface area contributed by atoms with Gasteiger partial charge in [0.15, 0.2) is 0 Å². The Balaban J connectivity index is 2.20. The van der Waals surface area contributed by atoms with Crippen molar-refractivity contribution in [2.45, 2.75) is 6.42 Å². The summed E-state index contributed by atoms with van der Waals surface area (Å²) in [6, 6.07) is 8.54. The first-order valence-electron chi connectivity index (χ1n) is 6.38. The highest BCUT2D eigenvalue weighted by Crippen LogP contribution is 2.33. The molecule has 0 aliphatic rings. The van der Waals surface area contributed by atoms with Crippen molar-refractivity contribution < 1.29 is 5.11 Å². The molecule has 0 radical (unpaired) electrons. The van der Waals surface area contributed by atoms with Crippen LogP contribution in [0, 0.1) is 0 Å². The zero-order chi connectivity index (χ0) is 16.1. The average molecular weight is 356 g/mol. The van der Waals surface area contributed by atoms with Crippen LogP contribution in [0.5, 0.6) is 5.75 Å². The molecule has 0 aromatic heterocycles. The lowest BCUT2D eigenvalue weighted by Gasteiger charge is -2.07. The van der Waals surface area contributed by atoms with Crippen LogP contribution in [-0.2, 0) is 6.42 Å². The van der Waals surface area contributed by atoms with Crippen molar-refractivity contribution in [1.29, 1.82) is 0 Å². The van der Waals surface area contributed by atoms with Crippen LogP contribution in [-0.4, -0.2) is 11.3 Å². The van der Waals surface area contributed by atoms with Gasteiger partial charge in [-0.2, -0.15) is 5.10 Å². The maximum absolute atomic E-state index is 10.1. The van der Waals surface area contributed by atoms with Crippen molar-refractivity contribution in [3.8, 4) is 5.75 Å². The van der Waals surface area contributed by atoms with E-state index in [4.69, 9.17) is 34.8 Å². The number of halogens is 3. The van der Waals surface area contributed by atoms with E-state index in [0.717, 1.165) is 5.56 Å². The van der Waals surface area contributed by atoms with E-state index in [-0.39, 0.29) is 5.75 Å². The number of benzene rings is 2. The second-order valence-electron chi connectivity index (χ2n) is 4.46. The predicted octanol–water partition coefficient (Wildman–Crippen LogP) is 5.53. The first-order chi connectivity index (χ1) is 10.5. The van der Waals surface area contributed by atoms with Crippen molar-refractivity contribution in [1.82, 2.24) is 0 Å². The molecule has 0 saturated carbocycles. The molecule has 0 atom stereocenters. The standard InChI is InChI=1S/C16H13Cl3N2O/c1-2-4-10-5-3-6-11(16(10)22)9-20-21-15-13(18)7-12(17)8-14(15)19/h2-3,5-9,21-22H,1,4H2/b20-9-. The van der Waals surface area contributed by atoms with E-state index in [1.165, 1.54) is 6.21 Å². The molecule has 0 heterocycles. The van der Waals surface area contributed by atoms with Gasteiger partial charge in [0, 0.05) is 10.6 Å². The Morgan fingerprint density at radius 3 is 2.50 bits per heavy atom. The summed E-state index contributed by atoms with van der Waals surface area (Å²) in [6.07, 6.45) is 3.79. The Hall–Kier alpha value is -1.68. The molecule has 0 fully saturated rings. The summed E-state index contributed by atoms with van der Waals surface area (Å²) in [5.74, 6) is 0.168. The number of phenolic OH excluding ortho intramolecular Hbond substituents is 1.